The molecule has 0 bridgehead atoms. The van der Waals surface area contributed by atoms with Crippen LogP contribution in [0.1, 0.15) is 5.56 Å². The van der Waals surface area contributed by atoms with Gasteiger partial charge in [0.1, 0.15) is 5.82 Å². The van der Waals surface area contributed by atoms with Crippen LogP contribution in [0.5, 0.6) is 0 Å². The number of nitrogens with two attached hydrogens (primary N) is 1. The van der Waals surface area contributed by atoms with Gasteiger partial charge in [-0.05, 0) is 36.8 Å². The number of hydrogen-bond donors (Lipinski definition) is 2. The van der Waals surface area contributed by atoms with Gasteiger partial charge in [-0.3, -0.25) is 4.72 Å². The van der Waals surface area contributed by atoms with Crippen LogP contribution < -0.4 is 10.5 Å². The zero-order chi connectivity index (χ0) is 15.8. The number of halogens is 3. The number of anilines is 2. The number of nitrogens with one attached hydrogen (secondary N) is 1. The summed E-state index contributed by atoms with van der Waals surface area (Å²) in [6, 6.07) is 6.78. The first-order chi connectivity index (χ1) is 9.72. The number of hydrogen-bond acceptors (Lipinski definition) is 3. The maximum absolute atomic E-state index is 13.5. The molecule has 2 aromatic rings. The van der Waals surface area contributed by atoms with Gasteiger partial charge >= 0.3 is 0 Å². The molecule has 2 aromatic carbocycles. The lowest BCUT2D eigenvalue weighted by Gasteiger charge is -2.12. The highest BCUT2D eigenvalue weighted by Crippen LogP contribution is 2.31. The average Bonchev–Trinajstić information content (AvgIpc) is 2.40. The third kappa shape index (κ3) is 3.23. The van der Waals surface area contributed by atoms with Crippen molar-refractivity contribution in [2.75, 3.05) is 10.5 Å². The first-order valence-electron chi connectivity index (χ1n) is 5.75. The zero-order valence-corrected chi connectivity index (χ0v) is 13.2. The van der Waals surface area contributed by atoms with Crippen molar-refractivity contribution in [1.29, 1.82) is 0 Å². The minimum Gasteiger partial charge on any atom is -0.396 e. The monoisotopic (exact) mass is 348 g/mol. The van der Waals surface area contributed by atoms with E-state index in [-0.39, 0.29) is 31.9 Å². The molecule has 0 unspecified atom stereocenters. The minimum absolute atomic E-state index is 0.0783. The third-order valence-corrected chi connectivity index (χ3v) is 4.93. The second-order valence-corrected chi connectivity index (χ2v) is 6.82. The molecule has 3 N–H and O–H groups in total. The summed E-state index contributed by atoms with van der Waals surface area (Å²) in [7, 11) is -3.95. The lowest BCUT2D eigenvalue weighted by atomic mass is 10.2. The van der Waals surface area contributed by atoms with Gasteiger partial charge in [0.05, 0.1) is 26.3 Å². The smallest absolute Gasteiger partial charge is 0.262 e. The number of aryl methyl sites for hydroxylation is 1. The first-order valence-corrected chi connectivity index (χ1v) is 7.99. The molecule has 0 amide bonds. The van der Waals surface area contributed by atoms with Crippen molar-refractivity contribution in [2.45, 2.75) is 11.8 Å². The summed E-state index contributed by atoms with van der Waals surface area (Å²) in [5.74, 6) is -0.644. The largest absolute Gasteiger partial charge is 0.396 e. The molecule has 21 heavy (non-hydrogen) atoms. The van der Waals surface area contributed by atoms with E-state index in [1.165, 1.54) is 25.1 Å². The number of sulfonamides is 1. The minimum atomic E-state index is -3.95. The van der Waals surface area contributed by atoms with Gasteiger partial charge in [-0.1, -0.05) is 29.3 Å². The quantitative estimate of drug-likeness (QED) is 0.828. The van der Waals surface area contributed by atoms with Crippen LogP contribution in [-0.4, -0.2) is 8.42 Å². The molecule has 0 saturated carbocycles. The summed E-state index contributed by atoms with van der Waals surface area (Å²) in [6.07, 6.45) is 0. The van der Waals surface area contributed by atoms with Gasteiger partial charge in [0, 0.05) is 0 Å². The molecule has 0 aromatic heterocycles. The van der Waals surface area contributed by atoms with E-state index in [0.717, 1.165) is 6.07 Å². The summed E-state index contributed by atoms with van der Waals surface area (Å²) in [5, 5.41) is 0.293. The summed E-state index contributed by atoms with van der Waals surface area (Å²) in [6.45, 7) is 1.43. The molecule has 0 spiro atoms. The summed E-state index contributed by atoms with van der Waals surface area (Å²) >= 11 is 11.8. The standard InChI is InChI=1S/C13H11Cl2FN2O2S/c1-7-5-8(6-10(17)13(7)16)21(19,20)18-11-4-2-3-9(14)12(11)15/h2-6,18H,17H2,1H3. The molecule has 0 aliphatic carbocycles. The highest BCUT2D eigenvalue weighted by Gasteiger charge is 2.19. The third-order valence-electron chi connectivity index (χ3n) is 2.76. The van der Waals surface area contributed by atoms with E-state index in [1.54, 1.807) is 6.07 Å². The van der Waals surface area contributed by atoms with Crippen LogP contribution in [0.25, 0.3) is 0 Å². The van der Waals surface area contributed by atoms with Crippen molar-refractivity contribution < 1.29 is 12.8 Å². The van der Waals surface area contributed by atoms with E-state index in [2.05, 4.69) is 4.72 Å². The van der Waals surface area contributed by atoms with Gasteiger partial charge < -0.3 is 5.73 Å². The second-order valence-electron chi connectivity index (χ2n) is 4.35. The fourth-order valence-corrected chi connectivity index (χ4v) is 3.30. The first kappa shape index (κ1) is 15.9. The lowest BCUT2D eigenvalue weighted by Crippen LogP contribution is -2.14. The van der Waals surface area contributed by atoms with Crippen molar-refractivity contribution in [3.8, 4) is 0 Å². The molecular weight excluding hydrogens is 338 g/mol. The van der Waals surface area contributed by atoms with E-state index >= 15 is 0 Å². The molecule has 4 nitrogen and oxygen atoms in total. The molecule has 0 aliphatic rings. The molecule has 8 heteroatoms. The van der Waals surface area contributed by atoms with E-state index in [4.69, 9.17) is 28.9 Å². The Morgan fingerprint density at radius 3 is 2.52 bits per heavy atom. The van der Waals surface area contributed by atoms with Crippen molar-refractivity contribution >= 4 is 44.6 Å². The Morgan fingerprint density at radius 1 is 1.24 bits per heavy atom. The van der Waals surface area contributed by atoms with Crippen LogP contribution in [0.4, 0.5) is 15.8 Å². The molecule has 2 rings (SSSR count). The van der Waals surface area contributed by atoms with E-state index in [0.29, 0.717) is 0 Å². The molecule has 0 radical (unpaired) electrons. The Labute approximate surface area is 131 Å². The Bertz CT molecular complexity index is 787. The van der Waals surface area contributed by atoms with Crippen LogP contribution in [0.3, 0.4) is 0 Å². The molecular formula is C13H11Cl2FN2O2S. The average molecular weight is 349 g/mol. The fraction of sp³-hybridized carbons (Fsp3) is 0.0769. The summed E-state index contributed by atoms with van der Waals surface area (Å²) in [4.78, 5) is -0.157. The van der Waals surface area contributed by atoms with Gasteiger partial charge in [-0.2, -0.15) is 0 Å². The van der Waals surface area contributed by atoms with E-state index in [1.807, 2.05) is 0 Å². The van der Waals surface area contributed by atoms with Gasteiger partial charge in [0.2, 0.25) is 0 Å². The highest BCUT2D eigenvalue weighted by atomic mass is 35.5. The predicted octanol–water partition coefficient (Wildman–Crippen LogP) is 3.82. The second kappa shape index (κ2) is 5.71. The fourth-order valence-electron chi connectivity index (χ4n) is 1.70. The van der Waals surface area contributed by atoms with Crippen LogP contribution in [0.15, 0.2) is 35.2 Å². The highest BCUT2D eigenvalue weighted by molar-refractivity contribution is 7.92. The van der Waals surface area contributed by atoms with Gasteiger partial charge in [0.25, 0.3) is 10.0 Å². The van der Waals surface area contributed by atoms with Crippen molar-refractivity contribution in [3.05, 3.63) is 51.8 Å². The maximum atomic E-state index is 13.5. The summed E-state index contributed by atoms with van der Waals surface area (Å²) < 4.78 is 40.3. The molecule has 0 fully saturated rings. The lowest BCUT2D eigenvalue weighted by molar-refractivity contribution is 0.599. The Morgan fingerprint density at radius 2 is 1.90 bits per heavy atom. The number of benzene rings is 2. The predicted molar refractivity (Wildman–Crippen MR) is 82.8 cm³/mol. The molecule has 112 valence electrons. The van der Waals surface area contributed by atoms with Crippen molar-refractivity contribution in [3.63, 3.8) is 0 Å². The van der Waals surface area contributed by atoms with Crippen LogP contribution >= 0.6 is 23.2 Å². The van der Waals surface area contributed by atoms with E-state index < -0.39 is 15.8 Å². The Kier molecular flexibility index (Phi) is 4.32. The zero-order valence-electron chi connectivity index (χ0n) is 10.8. The normalized spacial score (nSPS) is 11.4. The molecule has 0 heterocycles. The van der Waals surface area contributed by atoms with Crippen LogP contribution in [-0.2, 0) is 10.0 Å². The topological polar surface area (TPSA) is 72.2 Å². The Balaban J connectivity index is 2.46. The van der Waals surface area contributed by atoms with E-state index in [9.17, 15) is 12.8 Å². The Hall–Kier alpha value is -1.50. The van der Waals surface area contributed by atoms with Gasteiger partial charge in [-0.15, -0.1) is 0 Å². The van der Waals surface area contributed by atoms with Crippen molar-refractivity contribution in [1.82, 2.24) is 0 Å². The van der Waals surface area contributed by atoms with Gasteiger partial charge in [0.15, 0.2) is 0 Å². The summed E-state index contributed by atoms with van der Waals surface area (Å²) in [5.41, 5.74) is 5.47. The molecule has 0 saturated heterocycles. The molecule has 0 atom stereocenters. The van der Waals surface area contributed by atoms with Crippen LogP contribution in [0.2, 0.25) is 10.0 Å². The van der Waals surface area contributed by atoms with Gasteiger partial charge in [-0.25, -0.2) is 12.8 Å². The van der Waals surface area contributed by atoms with Crippen molar-refractivity contribution in [2.24, 2.45) is 0 Å². The number of rotatable bonds is 3. The number of nitrogen functional groups attached to an aromatic ring is 1. The SMILES string of the molecule is Cc1cc(S(=O)(=O)Nc2cccc(Cl)c2Cl)cc(N)c1F. The molecule has 0 aliphatic heterocycles. The van der Waals surface area contributed by atoms with Crippen LogP contribution in [0, 0.1) is 12.7 Å². The maximum Gasteiger partial charge on any atom is 0.262 e.